The van der Waals surface area contributed by atoms with Gasteiger partial charge in [-0.15, -0.1) is 0 Å². The van der Waals surface area contributed by atoms with Crippen molar-refractivity contribution in [3.05, 3.63) is 83.0 Å². The molecule has 39 heavy (non-hydrogen) atoms. The molecule has 0 saturated carbocycles. The van der Waals surface area contributed by atoms with E-state index >= 15 is 0 Å². The van der Waals surface area contributed by atoms with Crippen LogP contribution in [0.15, 0.2) is 66.7 Å². The number of nitrogens with one attached hydrogen (secondary N) is 2. The Kier molecular flexibility index (Phi) is 7.77. The summed E-state index contributed by atoms with van der Waals surface area (Å²) in [6, 6.07) is 20.1. The molecule has 0 unspecified atom stereocenters. The number of carbonyl (C=O) groups is 2. The molecule has 2 N–H and O–H groups in total. The Bertz CT molecular complexity index is 1480. The van der Waals surface area contributed by atoms with E-state index in [1.165, 1.54) is 7.11 Å². The fourth-order valence-electron chi connectivity index (χ4n) is 5.25. The first-order valence-corrected chi connectivity index (χ1v) is 13.0. The Labute approximate surface area is 231 Å². The van der Waals surface area contributed by atoms with Crippen molar-refractivity contribution in [1.82, 2.24) is 15.2 Å². The monoisotopic (exact) mass is 547 g/mol. The molecule has 1 saturated heterocycles. The summed E-state index contributed by atoms with van der Waals surface area (Å²) in [5.74, 6) is 0.734. The predicted octanol–water partition coefficient (Wildman–Crippen LogP) is 5.05. The average Bonchev–Trinajstić information content (AvgIpc) is 3.53. The number of hydrogen-bond acceptors (Lipinski definition) is 6. The van der Waals surface area contributed by atoms with Gasteiger partial charge in [0.05, 0.1) is 21.3 Å². The van der Waals surface area contributed by atoms with Crippen LogP contribution in [0.25, 0.3) is 22.0 Å². The van der Waals surface area contributed by atoms with Gasteiger partial charge >= 0.3 is 5.97 Å². The number of amides is 1. The first kappa shape index (κ1) is 26.6. The second-order valence-electron chi connectivity index (χ2n) is 9.53. The molecule has 1 aliphatic heterocycles. The quantitative estimate of drug-likeness (QED) is 0.300. The van der Waals surface area contributed by atoms with E-state index in [9.17, 15) is 9.59 Å². The molecule has 0 radical (unpaired) electrons. The number of H-pyrrole nitrogens is 1. The lowest BCUT2D eigenvalue weighted by molar-refractivity contribution is -0.146. The third-order valence-electron chi connectivity index (χ3n) is 7.06. The lowest BCUT2D eigenvalue weighted by atomic mass is 10.0. The zero-order valence-electron chi connectivity index (χ0n) is 22.0. The van der Waals surface area contributed by atoms with Gasteiger partial charge in [0.2, 0.25) is 0 Å². The third-order valence-corrected chi connectivity index (χ3v) is 7.29. The van der Waals surface area contributed by atoms with E-state index in [0.29, 0.717) is 41.7 Å². The van der Waals surface area contributed by atoms with Gasteiger partial charge in [-0.05, 0) is 47.9 Å². The molecule has 202 valence electrons. The molecule has 1 fully saturated rings. The number of rotatable bonds is 8. The Morgan fingerprint density at radius 1 is 1.00 bits per heavy atom. The van der Waals surface area contributed by atoms with E-state index in [-0.39, 0.29) is 17.9 Å². The Balaban J connectivity index is 1.41. The second kappa shape index (κ2) is 11.4. The molecule has 1 amide bonds. The van der Waals surface area contributed by atoms with Gasteiger partial charge in [0.1, 0.15) is 23.2 Å². The fraction of sp³-hybridized carbons (Fsp3) is 0.267. The number of nitrogens with zero attached hydrogens (tertiary/aromatic N) is 1. The van der Waals surface area contributed by atoms with Gasteiger partial charge in [-0.1, -0.05) is 41.9 Å². The van der Waals surface area contributed by atoms with Crippen LogP contribution in [0.1, 0.15) is 22.5 Å². The number of aromatic nitrogens is 1. The van der Waals surface area contributed by atoms with E-state index < -0.39 is 6.04 Å². The summed E-state index contributed by atoms with van der Waals surface area (Å²) in [6.07, 6.45) is 0.423. The molecular weight excluding hydrogens is 518 g/mol. The molecule has 0 spiro atoms. The standard InChI is InChI=1S/C30H30ClN3O5/c1-37-22-11-18(12-23(15-22)38-2)16-34-17-21(14-26(34)30(36)39-3)32-29(35)28-27(19-7-5-4-6-8-19)24-13-20(31)9-10-25(24)33-28/h4-13,15,21,26,33H,14,16-17H2,1-3H3,(H,32,35)/t21-,26+/m1/s1. The minimum atomic E-state index is -0.507. The van der Waals surface area contributed by atoms with Crippen LogP contribution in [0.3, 0.4) is 0 Å². The topological polar surface area (TPSA) is 92.9 Å². The van der Waals surface area contributed by atoms with Crippen LogP contribution < -0.4 is 14.8 Å². The number of aromatic amines is 1. The number of fused-ring (bicyclic) bond motifs is 1. The number of methoxy groups -OCH3 is 3. The normalized spacial score (nSPS) is 17.2. The van der Waals surface area contributed by atoms with Gasteiger partial charge in [0.25, 0.3) is 5.91 Å². The summed E-state index contributed by atoms with van der Waals surface area (Å²) in [6.45, 7) is 0.928. The highest BCUT2D eigenvalue weighted by Crippen LogP contribution is 2.34. The molecule has 1 aliphatic rings. The lowest BCUT2D eigenvalue weighted by Gasteiger charge is -2.22. The minimum absolute atomic E-state index is 0.250. The van der Waals surface area contributed by atoms with Crippen molar-refractivity contribution in [2.24, 2.45) is 0 Å². The Hall–Kier alpha value is -4.01. The van der Waals surface area contributed by atoms with E-state index in [0.717, 1.165) is 27.6 Å². The lowest BCUT2D eigenvalue weighted by Crippen LogP contribution is -2.38. The Morgan fingerprint density at radius 3 is 2.38 bits per heavy atom. The molecule has 4 aromatic rings. The van der Waals surface area contributed by atoms with Crippen molar-refractivity contribution in [1.29, 1.82) is 0 Å². The first-order chi connectivity index (χ1) is 18.9. The largest absolute Gasteiger partial charge is 0.497 e. The van der Waals surface area contributed by atoms with Gasteiger partial charge in [0, 0.05) is 46.7 Å². The molecule has 9 heteroatoms. The predicted molar refractivity (Wildman–Crippen MR) is 150 cm³/mol. The molecular formula is C30H30ClN3O5. The van der Waals surface area contributed by atoms with Gasteiger partial charge in [-0.3, -0.25) is 14.5 Å². The summed E-state index contributed by atoms with van der Waals surface area (Å²) in [5.41, 5.74) is 3.88. The second-order valence-corrected chi connectivity index (χ2v) is 9.96. The highest BCUT2D eigenvalue weighted by molar-refractivity contribution is 6.31. The summed E-state index contributed by atoms with van der Waals surface area (Å²) in [5, 5.41) is 4.61. The number of esters is 1. The average molecular weight is 548 g/mol. The van der Waals surface area contributed by atoms with Gasteiger partial charge in [0.15, 0.2) is 0 Å². The van der Waals surface area contributed by atoms with E-state index in [2.05, 4.69) is 10.3 Å². The van der Waals surface area contributed by atoms with Crippen LogP contribution in [0.2, 0.25) is 5.02 Å². The van der Waals surface area contributed by atoms with Crippen LogP contribution >= 0.6 is 11.6 Å². The van der Waals surface area contributed by atoms with E-state index in [1.54, 1.807) is 26.4 Å². The van der Waals surface area contributed by atoms with Crippen molar-refractivity contribution in [3.8, 4) is 22.6 Å². The highest BCUT2D eigenvalue weighted by atomic mass is 35.5. The number of hydrogen-bond donors (Lipinski definition) is 2. The minimum Gasteiger partial charge on any atom is -0.497 e. The molecule has 2 heterocycles. The number of carbonyl (C=O) groups excluding carboxylic acids is 2. The maximum absolute atomic E-state index is 13.7. The zero-order valence-corrected chi connectivity index (χ0v) is 22.7. The smallest absolute Gasteiger partial charge is 0.323 e. The van der Waals surface area contributed by atoms with E-state index in [4.69, 9.17) is 25.8 Å². The van der Waals surface area contributed by atoms with Crippen LogP contribution in [0.4, 0.5) is 0 Å². The maximum Gasteiger partial charge on any atom is 0.323 e. The summed E-state index contributed by atoms with van der Waals surface area (Å²) < 4.78 is 15.9. The maximum atomic E-state index is 13.7. The van der Waals surface area contributed by atoms with Crippen LogP contribution in [0, 0.1) is 0 Å². The molecule has 0 bridgehead atoms. The SMILES string of the molecule is COC(=O)[C@@H]1C[C@@H](NC(=O)c2[nH]c3ccc(Cl)cc3c2-c2ccccc2)CN1Cc1cc(OC)cc(OC)c1. The van der Waals surface area contributed by atoms with Gasteiger partial charge in [-0.2, -0.15) is 0 Å². The number of likely N-dealkylation sites (tertiary alicyclic amines) is 1. The van der Waals surface area contributed by atoms with Crippen LogP contribution in [-0.4, -0.2) is 61.7 Å². The number of benzene rings is 3. The van der Waals surface area contributed by atoms with Crippen molar-refractivity contribution in [2.75, 3.05) is 27.9 Å². The van der Waals surface area contributed by atoms with Crippen molar-refractivity contribution >= 4 is 34.4 Å². The zero-order chi connectivity index (χ0) is 27.5. The summed E-state index contributed by atoms with van der Waals surface area (Å²) in [4.78, 5) is 31.7. The van der Waals surface area contributed by atoms with Crippen molar-refractivity contribution in [2.45, 2.75) is 25.0 Å². The molecule has 8 nitrogen and oxygen atoms in total. The molecule has 3 aromatic carbocycles. The summed E-state index contributed by atoms with van der Waals surface area (Å²) in [7, 11) is 4.57. The van der Waals surface area contributed by atoms with Gasteiger partial charge < -0.3 is 24.5 Å². The molecule has 1 aromatic heterocycles. The molecule has 5 rings (SSSR count). The van der Waals surface area contributed by atoms with Gasteiger partial charge in [-0.25, -0.2) is 0 Å². The summed E-state index contributed by atoms with van der Waals surface area (Å²) >= 11 is 6.31. The van der Waals surface area contributed by atoms with Crippen molar-refractivity contribution < 1.29 is 23.8 Å². The number of ether oxygens (including phenoxy) is 3. The van der Waals surface area contributed by atoms with E-state index in [1.807, 2.05) is 59.5 Å². The van der Waals surface area contributed by atoms with Crippen LogP contribution in [0.5, 0.6) is 11.5 Å². The first-order valence-electron chi connectivity index (χ1n) is 12.6. The third kappa shape index (κ3) is 5.57. The molecule has 2 atom stereocenters. The highest BCUT2D eigenvalue weighted by Gasteiger charge is 2.38. The Morgan fingerprint density at radius 2 is 1.72 bits per heavy atom. The molecule has 0 aliphatic carbocycles. The number of halogens is 1. The van der Waals surface area contributed by atoms with Crippen molar-refractivity contribution in [3.63, 3.8) is 0 Å². The fourth-order valence-corrected chi connectivity index (χ4v) is 5.43. The van der Waals surface area contributed by atoms with Crippen LogP contribution in [-0.2, 0) is 16.1 Å².